The molecule has 0 spiro atoms. The number of piperidine rings is 1. The number of rotatable bonds is 5. The minimum absolute atomic E-state index is 0.0313. The molecule has 1 amide bonds. The molecule has 1 aliphatic heterocycles. The van der Waals surface area contributed by atoms with Gasteiger partial charge in [-0.2, -0.15) is 0 Å². The first-order valence-electron chi connectivity index (χ1n) is 8.69. The van der Waals surface area contributed by atoms with Crippen molar-refractivity contribution >= 4 is 16.9 Å². The molecule has 0 aliphatic carbocycles. The molecule has 130 valence electrons. The molecule has 1 saturated heterocycles. The van der Waals surface area contributed by atoms with Crippen molar-refractivity contribution in [2.45, 2.75) is 19.4 Å². The maximum absolute atomic E-state index is 13.1. The first kappa shape index (κ1) is 17.0. The van der Waals surface area contributed by atoms with Crippen LogP contribution in [-0.2, 0) is 6.54 Å². The normalized spacial score (nSPS) is 18.5. The number of carbonyl (C=O) groups is 1. The third-order valence-corrected chi connectivity index (χ3v) is 4.67. The van der Waals surface area contributed by atoms with Gasteiger partial charge in [-0.1, -0.05) is 18.2 Å². The highest BCUT2D eigenvalue weighted by atomic mass is 16.3. The van der Waals surface area contributed by atoms with E-state index in [9.17, 15) is 4.79 Å². The Morgan fingerprint density at radius 3 is 2.92 bits per heavy atom. The Morgan fingerprint density at radius 2 is 2.17 bits per heavy atom. The molecule has 1 N–H and O–H groups in total. The first-order chi connectivity index (χ1) is 11.6. The van der Waals surface area contributed by atoms with Crippen LogP contribution in [0.1, 0.15) is 29.0 Å². The highest BCUT2D eigenvalue weighted by molar-refractivity contribution is 5.99. The van der Waals surface area contributed by atoms with Crippen LogP contribution in [0.2, 0.25) is 0 Å². The highest BCUT2D eigenvalue weighted by Crippen LogP contribution is 2.29. The van der Waals surface area contributed by atoms with Gasteiger partial charge in [-0.3, -0.25) is 4.79 Å². The molecule has 3 rings (SSSR count). The van der Waals surface area contributed by atoms with Gasteiger partial charge in [-0.15, -0.1) is 0 Å². The van der Waals surface area contributed by atoms with Crippen LogP contribution in [0.25, 0.3) is 11.0 Å². The van der Waals surface area contributed by atoms with Gasteiger partial charge in [0.05, 0.1) is 0 Å². The van der Waals surface area contributed by atoms with Crippen LogP contribution in [0, 0.1) is 5.92 Å². The highest BCUT2D eigenvalue weighted by Gasteiger charge is 2.29. The van der Waals surface area contributed by atoms with Gasteiger partial charge in [0.1, 0.15) is 5.58 Å². The molecule has 1 aromatic heterocycles. The summed E-state index contributed by atoms with van der Waals surface area (Å²) >= 11 is 0. The van der Waals surface area contributed by atoms with E-state index < -0.39 is 0 Å². The lowest BCUT2D eigenvalue weighted by Gasteiger charge is -2.32. The zero-order chi connectivity index (χ0) is 17.1. The maximum atomic E-state index is 13.1. The lowest BCUT2D eigenvalue weighted by molar-refractivity contribution is 0.0642. The molecule has 1 fully saturated rings. The monoisotopic (exact) mass is 329 g/mol. The van der Waals surface area contributed by atoms with E-state index in [-0.39, 0.29) is 5.91 Å². The lowest BCUT2D eigenvalue weighted by atomic mass is 9.97. The van der Waals surface area contributed by atoms with Crippen molar-refractivity contribution in [3.8, 4) is 0 Å². The predicted molar refractivity (Wildman–Crippen MR) is 96.2 cm³/mol. The number of furan rings is 1. The van der Waals surface area contributed by atoms with Crippen molar-refractivity contribution < 1.29 is 9.21 Å². The van der Waals surface area contributed by atoms with Gasteiger partial charge in [-0.25, -0.2) is 0 Å². The van der Waals surface area contributed by atoms with Gasteiger partial charge in [-0.05, 0) is 52.5 Å². The second kappa shape index (κ2) is 7.36. The SMILES string of the molecule is CNCC1CCCN(C(=O)c2oc3ccccc3c2CN(C)C)C1. The average Bonchev–Trinajstić information content (AvgIpc) is 2.93. The Kier molecular flexibility index (Phi) is 5.21. The van der Waals surface area contributed by atoms with E-state index in [1.54, 1.807) is 0 Å². The number of fused-ring (bicyclic) bond motifs is 1. The summed E-state index contributed by atoms with van der Waals surface area (Å²) < 4.78 is 5.98. The standard InChI is InChI=1S/C19H27N3O2/c1-20-11-14-7-6-10-22(12-14)19(23)18-16(13-21(2)3)15-8-4-5-9-17(15)24-18/h4-5,8-9,14,20H,6-7,10-13H2,1-3H3. The van der Waals surface area contributed by atoms with E-state index in [1.165, 1.54) is 6.42 Å². The summed E-state index contributed by atoms with van der Waals surface area (Å²) in [5.74, 6) is 1.06. The van der Waals surface area contributed by atoms with Crippen molar-refractivity contribution in [3.05, 3.63) is 35.6 Å². The summed E-state index contributed by atoms with van der Waals surface area (Å²) in [5.41, 5.74) is 1.79. The summed E-state index contributed by atoms with van der Waals surface area (Å²) in [5, 5.41) is 4.27. The van der Waals surface area contributed by atoms with Gasteiger partial charge in [0.15, 0.2) is 5.76 Å². The molecule has 0 radical (unpaired) electrons. The molecular weight excluding hydrogens is 302 g/mol. The van der Waals surface area contributed by atoms with Gasteiger partial charge in [0.25, 0.3) is 5.91 Å². The van der Waals surface area contributed by atoms with Crippen molar-refractivity contribution in [3.63, 3.8) is 0 Å². The van der Waals surface area contributed by atoms with E-state index in [0.29, 0.717) is 18.2 Å². The number of hydrogen-bond acceptors (Lipinski definition) is 4. The maximum Gasteiger partial charge on any atom is 0.289 e. The van der Waals surface area contributed by atoms with E-state index in [2.05, 4.69) is 10.2 Å². The van der Waals surface area contributed by atoms with Gasteiger partial charge < -0.3 is 19.5 Å². The summed E-state index contributed by atoms with van der Waals surface area (Å²) in [4.78, 5) is 17.2. The minimum atomic E-state index is 0.0313. The number of benzene rings is 1. The largest absolute Gasteiger partial charge is 0.451 e. The van der Waals surface area contributed by atoms with Crippen molar-refractivity contribution in [1.82, 2.24) is 15.1 Å². The Morgan fingerprint density at radius 1 is 1.38 bits per heavy atom. The molecule has 5 nitrogen and oxygen atoms in total. The molecule has 0 bridgehead atoms. The fourth-order valence-corrected chi connectivity index (χ4v) is 3.59. The number of hydrogen-bond donors (Lipinski definition) is 1. The average molecular weight is 329 g/mol. The number of nitrogens with one attached hydrogen (secondary N) is 1. The fraction of sp³-hybridized carbons (Fsp3) is 0.526. The molecule has 2 aromatic rings. The third-order valence-electron chi connectivity index (χ3n) is 4.67. The van der Waals surface area contributed by atoms with Gasteiger partial charge in [0, 0.05) is 30.6 Å². The number of carbonyl (C=O) groups excluding carboxylic acids is 1. The molecule has 5 heteroatoms. The van der Waals surface area contributed by atoms with E-state index in [1.807, 2.05) is 50.3 Å². The van der Waals surface area contributed by atoms with Crippen LogP contribution in [0.4, 0.5) is 0 Å². The van der Waals surface area contributed by atoms with Crippen LogP contribution in [0.5, 0.6) is 0 Å². The van der Waals surface area contributed by atoms with Crippen LogP contribution < -0.4 is 5.32 Å². The van der Waals surface area contributed by atoms with E-state index in [4.69, 9.17) is 4.42 Å². The molecule has 2 heterocycles. The van der Waals surface area contributed by atoms with Crippen molar-refractivity contribution in [2.75, 3.05) is 40.8 Å². The van der Waals surface area contributed by atoms with Crippen LogP contribution in [-0.4, -0.2) is 56.5 Å². The van der Waals surface area contributed by atoms with Gasteiger partial charge in [0.2, 0.25) is 0 Å². The number of likely N-dealkylation sites (tertiary alicyclic amines) is 1. The Labute approximate surface area is 143 Å². The van der Waals surface area contributed by atoms with E-state index >= 15 is 0 Å². The second-order valence-corrected chi connectivity index (χ2v) is 6.96. The number of nitrogens with zero attached hydrogens (tertiary/aromatic N) is 2. The summed E-state index contributed by atoms with van der Waals surface area (Å²) in [6.45, 7) is 3.27. The molecule has 24 heavy (non-hydrogen) atoms. The summed E-state index contributed by atoms with van der Waals surface area (Å²) in [6.07, 6.45) is 2.23. The Bertz CT molecular complexity index is 706. The zero-order valence-corrected chi connectivity index (χ0v) is 14.8. The zero-order valence-electron chi connectivity index (χ0n) is 14.8. The third kappa shape index (κ3) is 3.47. The van der Waals surface area contributed by atoms with Crippen molar-refractivity contribution in [2.24, 2.45) is 5.92 Å². The number of amides is 1. The minimum Gasteiger partial charge on any atom is -0.451 e. The lowest BCUT2D eigenvalue weighted by Crippen LogP contribution is -2.42. The molecule has 1 unspecified atom stereocenters. The van der Waals surface area contributed by atoms with E-state index in [0.717, 1.165) is 42.6 Å². The second-order valence-electron chi connectivity index (χ2n) is 6.96. The molecule has 1 aromatic carbocycles. The first-order valence-corrected chi connectivity index (χ1v) is 8.69. The van der Waals surface area contributed by atoms with Crippen LogP contribution in [0.3, 0.4) is 0 Å². The van der Waals surface area contributed by atoms with Crippen LogP contribution >= 0.6 is 0 Å². The van der Waals surface area contributed by atoms with Crippen LogP contribution in [0.15, 0.2) is 28.7 Å². The molecule has 0 saturated carbocycles. The summed E-state index contributed by atoms with van der Waals surface area (Å²) in [7, 11) is 5.99. The smallest absolute Gasteiger partial charge is 0.289 e. The summed E-state index contributed by atoms with van der Waals surface area (Å²) in [6, 6.07) is 7.91. The Balaban J connectivity index is 1.91. The fourth-order valence-electron chi connectivity index (χ4n) is 3.59. The predicted octanol–water partition coefficient (Wildman–Crippen LogP) is 2.57. The van der Waals surface area contributed by atoms with Gasteiger partial charge >= 0.3 is 0 Å². The molecule has 1 atom stereocenters. The number of para-hydroxylation sites is 1. The molecule has 1 aliphatic rings. The Hall–Kier alpha value is -1.85. The van der Waals surface area contributed by atoms with Crippen molar-refractivity contribution in [1.29, 1.82) is 0 Å². The quantitative estimate of drug-likeness (QED) is 0.916. The topological polar surface area (TPSA) is 48.7 Å². The molecular formula is C19H27N3O2.